The molecule has 5 heteroatoms. The van der Waals surface area contributed by atoms with E-state index < -0.39 is 0 Å². The van der Waals surface area contributed by atoms with Gasteiger partial charge in [0.25, 0.3) is 0 Å². The normalized spacial score (nSPS) is 12.9. The van der Waals surface area contributed by atoms with Crippen LogP contribution < -0.4 is 4.74 Å². The van der Waals surface area contributed by atoms with Crippen LogP contribution in [0.3, 0.4) is 0 Å². The first-order valence-electron chi connectivity index (χ1n) is 5.26. The Bertz CT molecular complexity index is 481. The maximum absolute atomic E-state index is 5.31. The second-order valence-electron chi connectivity index (χ2n) is 3.45. The molecule has 0 amide bonds. The number of aromatic nitrogens is 3. The smallest absolute Gasteiger partial charge is 0.215 e. The Hall–Kier alpha value is -1.62. The molecule has 0 aliphatic rings. The second kappa shape index (κ2) is 4.49. The Labute approximate surface area is 93.8 Å². The summed E-state index contributed by atoms with van der Waals surface area (Å²) < 4.78 is 10.5. The number of aromatic amines is 1. The SMILES string of the molecule is CCOc1ccc2[nH]c(C(C)OC)nc2n1. The molecular formula is C11H15N3O2. The molecule has 0 radical (unpaired) electrons. The Morgan fingerprint density at radius 3 is 2.88 bits per heavy atom. The van der Waals surface area contributed by atoms with E-state index in [1.807, 2.05) is 26.0 Å². The van der Waals surface area contributed by atoms with Crippen molar-refractivity contribution in [2.75, 3.05) is 13.7 Å². The van der Waals surface area contributed by atoms with Gasteiger partial charge in [0.2, 0.25) is 5.88 Å². The molecular weight excluding hydrogens is 206 g/mol. The minimum absolute atomic E-state index is 0.0651. The van der Waals surface area contributed by atoms with Crippen LogP contribution in [0.2, 0.25) is 0 Å². The zero-order valence-electron chi connectivity index (χ0n) is 9.65. The monoisotopic (exact) mass is 221 g/mol. The number of hydrogen-bond acceptors (Lipinski definition) is 4. The number of H-pyrrole nitrogens is 1. The second-order valence-corrected chi connectivity index (χ2v) is 3.45. The summed E-state index contributed by atoms with van der Waals surface area (Å²) in [4.78, 5) is 11.8. The minimum atomic E-state index is -0.0651. The van der Waals surface area contributed by atoms with Crippen molar-refractivity contribution < 1.29 is 9.47 Å². The number of pyridine rings is 1. The van der Waals surface area contributed by atoms with E-state index >= 15 is 0 Å². The Balaban J connectivity index is 2.38. The number of fused-ring (bicyclic) bond motifs is 1. The molecule has 0 aliphatic carbocycles. The summed E-state index contributed by atoms with van der Waals surface area (Å²) in [6.45, 7) is 4.46. The van der Waals surface area contributed by atoms with E-state index in [2.05, 4.69) is 15.0 Å². The van der Waals surface area contributed by atoms with Crippen LogP contribution in [0.15, 0.2) is 12.1 Å². The first kappa shape index (κ1) is 10.9. The molecule has 0 saturated carbocycles. The van der Waals surface area contributed by atoms with Crippen LogP contribution in [-0.2, 0) is 4.74 Å². The molecule has 2 aromatic rings. The molecule has 16 heavy (non-hydrogen) atoms. The van der Waals surface area contributed by atoms with E-state index in [1.54, 1.807) is 7.11 Å². The van der Waals surface area contributed by atoms with E-state index in [4.69, 9.17) is 9.47 Å². The van der Waals surface area contributed by atoms with Crippen molar-refractivity contribution in [1.82, 2.24) is 15.0 Å². The molecule has 0 spiro atoms. The maximum Gasteiger partial charge on any atom is 0.215 e. The summed E-state index contributed by atoms with van der Waals surface area (Å²) in [6.07, 6.45) is -0.0651. The fourth-order valence-electron chi connectivity index (χ4n) is 1.43. The number of ether oxygens (including phenoxy) is 2. The third-order valence-electron chi connectivity index (χ3n) is 2.37. The van der Waals surface area contributed by atoms with Gasteiger partial charge >= 0.3 is 0 Å². The Morgan fingerprint density at radius 2 is 2.19 bits per heavy atom. The summed E-state index contributed by atoms with van der Waals surface area (Å²) in [6, 6.07) is 3.73. The van der Waals surface area contributed by atoms with Crippen molar-refractivity contribution in [3.63, 3.8) is 0 Å². The molecule has 0 fully saturated rings. The van der Waals surface area contributed by atoms with E-state index in [1.165, 1.54) is 0 Å². The number of methoxy groups -OCH3 is 1. The highest BCUT2D eigenvalue weighted by molar-refractivity contribution is 5.71. The summed E-state index contributed by atoms with van der Waals surface area (Å²) in [5, 5.41) is 0. The molecule has 0 bridgehead atoms. The molecule has 0 aromatic carbocycles. The van der Waals surface area contributed by atoms with Crippen LogP contribution in [0.4, 0.5) is 0 Å². The van der Waals surface area contributed by atoms with Crippen molar-refractivity contribution in [3.8, 4) is 5.88 Å². The summed E-state index contributed by atoms with van der Waals surface area (Å²) in [5.41, 5.74) is 1.55. The van der Waals surface area contributed by atoms with Crippen molar-refractivity contribution in [1.29, 1.82) is 0 Å². The van der Waals surface area contributed by atoms with E-state index in [0.29, 0.717) is 18.1 Å². The van der Waals surface area contributed by atoms with E-state index in [0.717, 1.165) is 11.3 Å². The van der Waals surface area contributed by atoms with Gasteiger partial charge in [0.05, 0.1) is 12.1 Å². The number of imidazole rings is 1. The highest BCUT2D eigenvalue weighted by Crippen LogP contribution is 2.18. The third-order valence-corrected chi connectivity index (χ3v) is 2.37. The van der Waals surface area contributed by atoms with Gasteiger partial charge in [-0.05, 0) is 19.9 Å². The molecule has 0 aliphatic heterocycles. The topological polar surface area (TPSA) is 60.0 Å². The number of hydrogen-bond donors (Lipinski definition) is 1. The summed E-state index contributed by atoms with van der Waals surface area (Å²) in [5.74, 6) is 1.37. The molecule has 5 nitrogen and oxygen atoms in total. The number of nitrogens with one attached hydrogen (secondary N) is 1. The first-order chi connectivity index (χ1) is 7.74. The van der Waals surface area contributed by atoms with Gasteiger partial charge in [-0.2, -0.15) is 4.98 Å². The molecule has 1 atom stereocenters. The largest absolute Gasteiger partial charge is 0.478 e. The zero-order chi connectivity index (χ0) is 11.5. The van der Waals surface area contributed by atoms with Gasteiger partial charge < -0.3 is 14.5 Å². The van der Waals surface area contributed by atoms with Crippen molar-refractivity contribution >= 4 is 11.2 Å². The highest BCUT2D eigenvalue weighted by atomic mass is 16.5. The number of nitrogens with zero attached hydrogens (tertiary/aromatic N) is 2. The minimum Gasteiger partial charge on any atom is -0.478 e. The number of rotatable bonds is 4. The van der Waals surface area contributed by atoms with Gasteiger partial charge in [-0.25, -0.2) is 4.98 Å². The fourth-order valence-corrected chi connectivity index (χ4v) is 1.43. The lowest BCUT2D eigenvalue weighted by molar-refractivity contribution is 0.113. The van der Waals surface area contributed by atoms with Crippen LogP contribution in [0.1, 0.15) is 25.8 Å². The molecule has 2 rings (SSSR count). The van der Waals surface area contributed by atoms with Gasteiger partial charge in [-0.15, -0.1) is 0 Å². The van der Waals surface area contributed by atoms with Crippen LogP contribution >= 0.6 is 0 Å². The lowest BCUT2D eigenvalue weighted by atomic mass is 10.4. The van der Waals surface area contributed by atoms with Crippen LogP contribution in [0.25, 0.3) is 11.2 Å². The van der Waals surface area contributed by atoms with Gasteiger partial charge in [0, 0.05) is 13.2 Å². The van der Waals surface area contributed by atoms with Gasteiger partial charge in [0.1, 0.15) is 11.9 Å². The Morgan fingerprint density at radius 1 is 1.38 bits per heavy atom. The van der Waals surface area contributed by atoms with Crippen LogP contribution in [-0.4, -0.2) is 28.7 Å². The molecule has 2 heterocycles. The molecule has 86 valence electrons. The summed E-state index contributed by atoms with van der Waals surface area (Å²) in [7, 11) is 1.65. The average molecular weight is 221 g/mol. The van der Waals surface area contributed by atoms with E-state index in [-0.39, 0.29) is 6.10 Å². The molecule has 0 saturated heterocycles. The third kappa shape index (κ3) is 1.99. The average Bonchev–Trinajstić information content (AvgIpc) is 2.71. The molecule has 1 unspecified atom stereocenters. The molecule has 2 aromatic heterocycles. The standard InChI is InChI=1S/C11H15N3O2/c1-4-16-9-6-5-8-11(13-9)14-10(12-8)7(2)15-3/h5-7H,4H2,1-3H3,(H,12,13,14). The maximum atomic E-state index is 5.31. The lowest BCUT2D eigenvalue weighted by Crippen LogP contribution is -1.97. The zero-order valence-corrected chi connectivity index (χ0v) is 9.65. The fraction of sp³-hybridized carbons (Fsp3) is 0.455. The lowest BCUT2D eigenvalue weighted by Gasteiger charge is -2.03. The van der Waals surface area contributed by atoms with E-state index in [9.17, 15) is 0 Å². The predicted molar refractivity (Wildman–Crippen MR) is 60.5 cm³/mol. The van der Waals surface area contributed by atoms with Crippen molar-refractivity contribution in [2.45, 2.75) is 20.0 Å². The van der Waals surface area contributed by atoms with Gasteiger partial charge in [0.15, 0.2) is 5.65 Å². The van der Waals surface area contributed by atoms with Crippen molar-refractivity contribution in [3.05, 3.63) is 18.0 Å². The molecule has 1 N–H and O–H groups in total. The van der Waals surface area contributed by atoms with Crippen molar-refractivity contribution in [2.24, 2.45) is 0 Å². The van der Waals surface area contributed by atoms with Gasteiger partial charge in [-0.1, -0.05) is 0 Å². The summed E-state index contributed by atoms with van der Waals surface area (Å²) >= 11 is 0. The quantitative estimate of drug-likeness (QED) is 0.858. The van der Waals surface area contributed by atoms with Crippen LogP contribution in [0, 0.1) is 0 Å². The Kier molecular flexibility index (Phi) is 3.05. The van der Waals surface area contributed by atoms with Gasteiger partial charge in [-0.3, -0.25) is 0 Å². The predicted octanol–water partition coefficient (Wildman–Crippen LogP) is 2.06. The highest BCUT2D eigenvalue weighted by Gasteiger charge is 2.10. The first-order valence-corrected chi connectivity index (χ1v) is 5.26. The van der Waals surface area contributed by atoms with Crippen LogP contribution in [0.5, 0.6) is 5.88 Å².